The molecule has 0 aliphatic heterocycles. The average Bonchev–Trinajstić information content (AvgIpc) is 2.45. The van der Waals surface area contributed by atoms with Gasteiger partial charge in [-0.2, -0.15) is 0 Å². The van der Waals surface area contributed by atoms with Crippen LogP contribution in [0.15, 0.2) is 48.5 Å². The minimum absolute atomic E-state index is 0.113. The molecule has 6 heteroatoms. The van der Waals surface area contributed by atoms with E-state index in [0.29, 0.717) is 11.6 Å². The third-order valence-electron chi connectivity index (χ3n) is 2.70. The number of nitro groups is 1. The van der Waals surface area contributed by atoms with Crippen molar-refractivity contribution in [2.75, 3.05) is 0 Å². The van der Waals surface area contributed by atoms with Gasteiger partial charge in [0.05, 0.1) is 10.5 Å². The van der Waals surface area contributed by atoms with Gasteiger partial charge >= 0.3 is 0 Å². The lowest BCUT2D eigenvalue weighted by atomic mass is 10.1. The predicted octanol–water partition coefficient (Wildman–Crippen LogP) is 3.77. The first-order valence-electron chi connectivity index (χ1n) is 5.89. The van der Waals surface area contributed by atoms with Crippen molar-refractivity contribution >= 4 is 17.5 Å². The van der Waals surface area contributed by atoms with Crippen LogP contribution in [0.25, 0.3) is 6.08 Å². The van der Waals surface area contributed by atoms with E-state index in [1.54, 1.807) is 6.07 Å². The summed E-state index contributed by atoms with van der Waals surface area (Å²) in [5, 5.41) is 10.6. The number of benzene rings is 2. The Bertz CT molecular complexity index is 741. The van der Waals surface area contributed by atoms with Crippen LogP contribution >= 0.6 is 0 Å². The molecule has 2 aromatic carbocycles. The lowest BCUT2D eigenvalue weighted by Gasteiger charge is -1.98. The molecule has 21 heavy (non-hydrogen) atoms. The predicted molar refractivity (Wildman–Crippen MR) is 72.8 cm³/mol. The van der Waals surface area contributed by atoms with Crippen molar-refractivity contribution in [1.29, 1.82) is 0 Å². The van der Waals surface area contributed by atoms with Crippen LogP contribution in [-0.4, -0.2) is 10.7 Å². The summed E-state index contributed by atoms with van der Waals surface area (Å²) < 4.78 is 26.2. The van der Waals surface area contributed by atoms with Gasteiger partial charge in [-0.15, -0.1) is 0 Å². The van der Waals surface area contributed by atoms with Gasteiger partial charge in [-0.05, 0) is 23.8 Å². The number of nitrogens with zero attached hydrogens (tertiary/aromatic N) is 1. The van der Waals surface area contributed by atoms with Crippen molar-refractivity contribution in [2.24, 2.45) is 0 Å². The molecule has 0 radical (unpaired) electrons. The zero-order valence-corrected chi connectivity index (χ0v) is 10.6. The van der Waals surface area contributed by atoms with E-state index in [2.05, 4.69) is 0 Å². The Morgan fingerprint density at radius 2 is 1.90 bits per heavy atom. The zero-order chi connectivity index (χ0) is 15.4. The van der Waals surface area contributed by atoms with Crippen molar-refractivity contribution in [2.45, 2.75) is 0 Å². The normalized spacial score (nSPS) is 10.8. The van der Waals surface area contributed by atoms with Crippen molar-refractivity contribution < 1.29 is 18.5 Å². The van der Waals surface area contributed by atoms with Crippen LogP contribution in [0, 0.1) is 21.7 Å². The molecule has 4 nitrogen and oxygen atoms in total. The third kappa shape index (κ3) is 3.56. The second-order valence-electron chi connectivity index (χ2n) is 4.17. The second kappa shape index (κ2) is 6.04. The van der Waals surface area contributed by atoms with Crippen molar-refractivity contribution in [1.82, 2.24) is 0 Å². The van der Waals surface area contributed by atoms with Gasteiger partial charge in [0.15, 0.2) is 5.78 Å². The number of rotatable bonds is 4. The molecule has 0 saturated heterocycles. The smallest absolute Gasteiger partial charge is 0.270 e. The molecule has 0 fully saturated rings. The molecule has 0 atom stereocenters. The summed E-state index contributed by atoms with van der Waals surface area (Å²) in [6.07, 6.45) is 2.41. The molecule has 0 aliphatic rings. The number of hydrogen-bond donors (Lipinski definition) is 0. The van der Waals surface area contributed by atoms with Crippen LogP contribution in [0.1, 0.15) is 15.9 Å². The minimum Gasteiger partial charge on any atom is -0.289 e. The van der Waals surface area contributed by atoms with E-state index in [4.69, 9.17) is 0 Å². The van der Waals surface area contributed by atoms with Crippen LogP contribution in [0.2, 0.25) is 0 Å². The Balaban J connectivity index is 2.22. The van der Waals surface area contributed by atoms with Crippen LogP contribution in [0.5, 0.6) is 0 Å². The lowest BCUT2D eigenvalue weighted by molar-refractivity contribution is -0.384. The molecule has 2 aromatic rings. The SMILES string of the molecule is O=C(/C=C/c1cccc([N+](=O)[O-])c1)c1ccc(F)cc1F. The van der Waals surface area contributed by atoms with Crippen LogP contribution in [0.4, 0.5) is 14.5 Å². The van der Waals surface area contributed by atoms with Gasteiger partial charge in [0.2, 0.25) is 0 Å². The molecule has 0 amide bonds. The fraction of sp³-hybridized carbons (Fsp3) is 0. The lowest BCUT2D eigenvalue weighted by Crippen LogP contribution is -1.99. The highest BCUT2D eigenvalue weighted by atomic mass is 19.1. The summed E-state index contributed by atoms with van der Waals surface area (Å²) in [6.45, 7) is 0. The fourth-order valence-corrected chi connectivity index (χ4v) is 1.69. The molecule has 0 N–H and O–H groups in total. The van der Waals surface area contributed by atoms with Crippen molar-refractivity contribution in [3.63, 3.8) is 0 Å². The Kier molecular flexibility index (Phi) is 4.18. The van der Waals surface area contributed by atoms with Gasteiger partial charge in [-0.3, -0.25) is 14.9 Å². The number of allylic oxidation sites excluding steroid dienone is 1. The molecule has 0 heterocycles. The number of nitro benzene ring substituents is 1. The maximum Gasteiger partial charge on any atom is 0.270 e. The van der Waals surface area contributed by atoms with Gasteiger partial charge < -0.3 is 0 Å². The Hall–Kier alpha value is -2.89. The summed E-state index contributed by atoms with van der Waals surface area (Å²) in [4.78, 5) is 21.8. The summed E-state index contributed by atoms with van der Waals surface area (Å²) >= 11 is 0. The maximum atomic E-state index is 13.4. The molecule has 0 aliphatic carbocycles. The number of carbonyl (C=O) groups excluding carboxylic acids is 1. The molecule has 0 spiro atoms. The number of halogens is 2. The zero-order valence-electron chi connectivity index (χ0n) is 10.6. The average molecular weight is 289 g/mol. The molecule has 0 saturated carbocycles. The van der Waals surface area contributed by atoms with Crippen molar-refractivity contribution in [3.05, 3.63) is 81.4 Å². The maximum absolute atomic E-state index is 13.4. The van der Waals surface area contributed by atoms with Crippen LogP contribution in [-0.2, 0) is 0 Å². The molecular weight excluding hydrogens is 280 g/mol. The van der Waals surface area contributed by atoms with Gasteiger partial charge in [-0.25, -0.2) is 8.78 Å². The Morgan fingerprint density at radius 3 is 2.57 bits per heavy atom. The van der Waals surface area contributed by atoms with E-state index in [-0.39, 0.29) is 11.3 Å². The number of carbonyl (C=O) groups is 1. The first-order chi connectivity index (χ1) is 9.97. The van der Waals surface area contributed by atoms with Crippen LogP contribution < -0.4 is 0 Å². The third-order valence-corrected chi connectivity index (χ3v) is 2.70. The number of hydrogen-bond acceptors (Lipinski definition) is 3. The molecule has 0 aromatic heterocycles. The monoisotopic (exact) mass is 289 g/mol. The fourth-order valence-electron chi connectivity index (χ4n) is 1.69. The summed E-state index contributed by atoms with van der Waals surface area (Å²) in [6, 6.07) is 8.29. The van der Waals surface area contributed by atoms with E-state index >= 15 is 0 Å². The van der Waals surface area contributed by atoms with Crippen molar-refractivity contribution in [3.8, 4) is 0 Å². The van der Waals surface area contributed by atoms with E-state index in [0.717, 1.165) is 18.2 Å². The first kappa shape index (κ1) is 14.5. The first-order valence-corrected chi connectivity index (χ1v) is 5.89. The van der Waals surface area contributed by atoms with Crippen LogP contribution in [0.3, 0.4) is 0 Å². The van der Waals surface area contributed by atoms with Gasteiger partial charge in [-0.1, -0.05) is 18.2 Å². The van der Waals surface area contributed by atoms with Gasteiger partial charge in [0.1, 0.15) is 11.6 Å². The van der Waals surface area contributed by atoms with E-state index in [1.807, 2.05) is 0 Å². The largest absolute Gasteiger partial charge is 0.289 e. The van der Waals surface area contributed by atoms with Gasteiger partial charge in [0, 0.05) is 18.2 Å². The summed E-state index contributed by atoms with van der Waals surface area (Å²) in [5.41, 5.74) is 0.0516. The highest BCUT2D eigenvalue weighted by Gasteiger charge is 2.10. The molecule has 106 valence electrons. The highest BCUT2D eigenvalue weighted by Crippen LogP contribution is 2.15. The highest BCUT2D eigenvalue weighted by molar-refractivity contribution is 6.07. The number of non-ortho nitro benzene ring substituents is 1. The Labute approximate surface area is 118 Å². The quantitative estimate of drug-likeness (QED) is 0.372. The Morgan fingerprint density at radius 1 is 1.14 bits per heavy atom. The van der Waals surface area contributed by atoms with E-state index < -0.39 is 22.3 Å². The topological polar surface area (TPSA) is 60.2 Å². The van der Waals surface area contributed by atoms with Gasteiger partial charge in [0.25, 0.3) is 5.69 Å². The molecule has 0 bridgehead atoms. The molecule has 0 unspecified atom stereocenters. The summed E-state index contributed by atoms with van der Waals surface area (Å²) in [7, 11) is 0. The van der Waals surface area contributed by atoms with E-state index in [1.165, 1.54) is 24.3 Å². The molecular formula is C15H9F2NO3. The summed E-state index contributed by atoms with van der Waals surface area (Å²) in [5.74, 6) is -2.38. The van der Waals surface area contributed by atoms with E-state index in [9.17, 15) is 23.7 Å². The minimum atomic E-state index is -0.955. The standard InChI is InChI=1S/C15H9F2NO3/c16-11-5-6-13(14(17)9-11)15(19)7-4-10-2-1-3-12(8-10)18(20)21/h1-9H/b7-4+. The number of ketones is 1. The second-order valence-corrected chi connectivity index (χ2v) is 4.17. The molecule has 2 rings (SSSR count).